The number of rotatable bonds is 3. The van der Waals surface area contributed by atoms with Crippen molar-refractivity contribution in [3.8, 4) is 5.75 Å². The van der Waals surface area contributed by atoms with Crippen LogP contribution < -0.4 is 4.74 Å². The van der Waals surface area contributed by atoms with E-state index in [2.05, 4.69) is 6.07 Å². The van der Waals surface area contributed by atoms with Crippen LogP contribution >= 0.6 is 23.5 Å². The molecule has 4 heteroatoms. The van der Waals surface area contributed by atoms with Crippen LogP contribution in [0.2, 0.25) is 0 Å². The summed E-state index contributed by atoms with van der Waals surface area (Å²) >= 11 is 3.71. The summed E-state index contributed by atoms with van der Waals surface area (Å²) in [5.74, 6) is 1.96. The Bertz CT molecular complexity index is 330. The number of thioether (sulfide) groups is 2. The number of hydrogen-bond acceptors (Lipinski definition) is 4. The van der Waals surface area contributed by atoms with E-state index in [1.165, 1.54) is 5.56 Å². The maximum absolute atomic E-state index is 9.09. The second kappa shape index (κ2) is 5.14. The van der Waals surface area contributed by atoms with Gasteiger partial charge in [0.1, 0.15) is 5.75 Å². The number of para-hydroxylation sites is 1. The summed E-state index contributed by atoms with van der Waals surface area (Å²) in [7, 11) is 1.70. The molecule has 15 heavy (non-hydrogen) atoms. The van der Waals surface area contributed by atoms with Crippen molar-refractivity contribution >= 4 is 23.5 Å². The van der Waals surface area contributed by atoms with Gasteiger partial charge in [0, 0.05) is 16.6 Å². The first-order valence-corrected chi connectivity index (χ1v) is 6.85. The monoisotopic (exact) mass is 242 g/mol. The van der Waals surface area contributed by atoms with Gasteiger partial charge < -0.3 is 9.84 Å². The fourth-order valence-corrected chi connectivity index (χ4v) is 4.79. The molecule has 2 atom stereocenters. The van der Waals surface area contributed by atoms with E-state index >= 15 is 0 Å². The highest BCUT2D eigenvalue weighted by atomic mass is 32.2. The van der Waals surface area contributed by atoms with E-state index in [1.807, 2.05) is 41.7 Å². The van der Waals surface area contributed by atoms with E-state index in [0.29, 0.717) is 9.83 Å². The van der Waals surface area contributed by atoms with Crippen molar-refractivity contribution in [2.75, 3.05) is 19.5 Å². The fourth-order valence-electron chi connectivity index (χ4n) is 1.57. The van der Waals surface area contributed by atoms with E-state index in [9.17, 15) is 0 Å². The van der Waals surface area contributed by atoms with Crippen LogP contribution in [0.25, 0.3) is 0 Å². The van der Waals surface area contributed by atoms with Crippen molar-refractivity contribution in [2.24, 2.45) is 0 Å². The summed E-state index contributed by atoms with van der Waals surface area (Å²) < 4.78 is 5.74. The third-order valence-electron chi connectivity index (χ3n) is 2.35. The van der Waals surface area contributed by atoms with E-state index < -0.39 is 0 Å². The molecule has 2 nitrogen and oxygen atoms in total. The van der Waals surface area contributed by atoms with Gasteiger partial charge >= 0.3 is 0 Å². The van der Waals surface area contributed by atoms with Crippen LogP contribution in [0.5, 0.6) is 5.75 Å². The molecule has 0 bridgehead atoms. The minimum atomic E-state index is 0.267. The molecule has 0 aromatic heterocycles. The third-order valence-corrected chi connectivity index (χ3v) is 5.65. The van der Waals surface area contributed by atoms with E-state index in [4.69, 9.17) is 9.84 Å². The normalized spacial score (nSPS) is 25.5. The Kier molecular flexibility index (Phi) is 3.83. The molecular formula is C11H14O2S2. The Morgan fingerprint density at radius 3 is 2.93 bits per heavy atom. The predicted octanol–water partition coefficient (Wildman–Crippen LogP) is 2.53. The van der Waals surface area contributed by atoms with Gasteiger partial charge in [0.15, 0.2) is 0 Å². The van der Waals surface area contributed by atoms with Gasteiger partial charge in [-0.3, -0.25) is 0 Å². The molecule has 1 heterocycles. The van der Waals surface area contributed by atoms with Crippen LogP contribution in [-0.4, -0.2) is 29.8 Å². The molecule has 0 saturated carbocycles. The Hall–Kier alpha value is -0.320. The lowest BCUT2D eigenvalue weighted by molar-refractivity contribution is 0.301. The Balaban J connectivity index is 2.16. The summed E-state index contributed by atoms with van der Waals surface area (Å²) in [6.07, 6.45) is 0. The van der Waals surface area contributed by atoms with Crippen LogP contribution in [0.15, 0.2) is 24.3 Å². The Labute approximate surface area is 98.4 Å². The molecule has 1 aliphatic heterocycles. The minimum absolute atomic E-state index is 0.267. The average molecular weight is 242 g/mol. The molecule has 2 rings (SSSR count). The van der Waals surface area contributed by atoms with Crippen molar-refractivity contribution in [3.63, 3.8) is 0 Å². The quantitative estimate of drug-likeness (QED) is 0.882. The minimum Gasteiger partial charge on any atom is -0.496 e. The topological polar surface area (TPSA) is 29.5 Å². The molecule has 1 aromatic carbocycles. The van der Waals surface area contributed by atoms with Crippen molar-refractivity contribution in [2.45, 2.75) is 9.83 Å². The largest absolute Gasteiger partial charge is 0.496 e. The van der Waals surface area contributed by atoms with Gasteiger partial charge in [-0.15, -0.1) is 23.5 Å². The molecule has 0 amide bonds. The highest BCUT2D eigenvalue weighted by molar-refractivity contribution is 8.19. The van der Waals surface area contributed by atoms with Crippen molar-refractivity contribution in [1.82, 2.24) is 0 Å². The molecule has 0 aliphatic carbocycles. The van der Waals surface area contributed by atoms with E-state index in [1.54, 1.807) is 7.11 Å². The van der Waals surface area contributed by atoms with Gasteiger partial charge in [-0.25, -0.2) is 0 Å². The molecule has 1 aliphatic rings. The number of hydrogen-bond donors (Lipinski definition) is 1. The molecule has 82 valence electrons. The maximum Gasteiger partial charge on any atom is 0.124 e. The Morgan fingerprint density at radius 1 is 1.47 bits per heavy atom. The molecule has 1 fully saturated rings. The first-order chi connectivity index (χ1) is 7.35. The van der Waals surface area contributed by atoms with Gasteiger partial charge in [-0.1, -0.05) is 18.2 Å². The zero-order valence-corrected chi connectivity index (χ0v) is 10.2. The van der Waals surface area contributed by atoms with Crippen LogP contribution in [0.1, 0.15) is 10.1 Å². The lowest BCUT2D eigenvalue weighted by atomic mass is 10.2. The van der Waals surface area contributed by atoms with Crippen molar-refractivity contribution in [3.05, 3.63) is 29.8 Å². The maximum atomic E-state index is 9.09. The number of aliphatic hydroxyl groups excluding tert-OH is 1. The summed E-state index contributed by atoms with van der Waals surface area (Å²) in [5, 5.41) is 9.46. The highest BCUT2D eigenvalue weighted by Gasteiger charge is 2.28. The standard InChI is InChI=1S/C11H14O2S2/c1-13-10-5-3-2-4-9(10)11-14-7-8(6-12)15-11/h2-5,8,11-12H,6-7H2,1H3. The second-order valence-electron chi connectivity index (χ2n) is 3.35. The summed E-state index contributed by atoms with van der Waals surface area (Å²) in [6, 6.07) is 8.10. The number of benzene rings is 1. The molecule has 1 N–H and O–H groups in total. The SMILES string of the molecule is COc1ccccc1C1SCC(CO)S1. The van der Waals surface area contributed by atoms with Gasteiger partial charge in [0.25, 0.3) is 0 Å². The van der Waals surface area contributed by atoms with Crippen LogP contribution in [0.4, 0.5) is 0 Å². The van der Waals surface area contributed by atoms with Crippen LogP contribution in [0, 0.1) is 0 Å². The summed E-state index contributed by atoms with van der Waals surface area (Å²) in [4.78, 5) is 0. The van der Waals surface area contributed by atoms with E-state index in [0.717, 1.165) is 11.5 Å². The number of methoxy groups -OCH3 is 1. The predicted molar refractivity (Wildman–Crippen MR) is 66.7 cm³/mol. The zero-order chi connectivity index (χ0) is 10.7. The highest BCUT2D eigenvalue weighted by Crippen LogP contribution is 2.51. The smallest absolute Gasteiger partial charge is 0.124 e. The molecule has 2 unspecified atom stereocenters. The number of ether oxygens (including phenoxy) is 1. The third kappa shape index (κ3) is 2.44. The van der Waals surface area contributed by atoms with Gasteiger partial charge in [-0.05, 0) is 6.07 Å². The van der Waals surface area contributed by atoms with Crippen LogP contribution in [-0.2, 0) is 0 Å². The van der Waals surface area contributed by atoms with Gasteiger partial charge in [0.05, 0.1) is 18.3 Å². The summed E-state index contributed by atoms with van der Waals surface area (Å²) in [5.41, 5.74) is 1.23. The second-order valence-corrected chi connectivity index (χ2v) is 6.19. The molecular weight excluding hydrogens is 228 g/mol. The zero-order valence-electron chi connectivity index (χ0n) is 8.55. The average Bonchev–Trinajstić information content (AvgIpc) is 2.77. The number of aliphatic hydroxyl groups is 1. The summed E-state index contributed by atoms with van der Waals surface area (Å²) in [6.45, 7) is 0.267. The molecule has 0 radical (unpaired) electrons. The van der Waals surface area contributed by atoms with Crippen molar-refractivity contribution in [1.29, 1.82) is 0 Å². The molecule has 1 saturated heterocycles. The lowest BCUT2D eigenvalue weighted by Gasteiger charge is -2.13. The first kappa shape index (κ1) is 11.2. The van der Waals surface area contributed by atoms with E-state index in [-0.39, 0.29) is 6.61 Å². The van der Waals surface area contributed by atoms with Crippen LogP contribution in [0.3, 0.4) is 0 Å². The van der Waals surface area contributed by atoms with Crippen molar-refractivity contribution < 1.29 is 9.84 Å². The first-order valence-electron chi connectivity index (χ1n) is 4.86. The molecule has 1 aromatic rings. The lowest BCUT2D eigenvalue weighted by Crippen LogP contribution is -2.05. The van der Waals surface area contributed by atoms with Gasteiger partial charge in [-0.2, -0.15) is 0 Å². The molecule has 0 spiro atoms. The van der Waals surface area contributed by atoms with Gasteiger partial charge in [0.2, 0.25) is 0 Å². The fraction of sp³-hybridized carbons (Fsp3) is 0.455. The Morgan fingerprint density at radius 2 is 2.27 bits per heavy atom.